The van der Waals surface area contributed by atoms with Gasteiger partial charge in [0.1, 0.15) is 0 Å². The molecule has 1 aliphatic heterocycles. The molecule has 1 aliphatic rings. The first-order valence-corrected chi connectivity index (χ1v) is 6.16. The molecule has 1 fully saturated rings. The van der Waals surface area contributed by atoms with Crippen LogP contribution in [0.5, 0.6) is 0 Å². The predicted octanol–water partition coefficient (Wildman–Crippen LogP) is 1.17. The Hall–Kier alpha value is -1.62. The minimum Gasteiger partial charge on any atom is -0.476 e. The molecule has 0 amide bonds. The lowest BCUT2D eigenvalue weighted by atomic mass is 10.1. The van der Waals surface area contributed by atoms with Crippen molar-refractivity contribution < 1.29 is 9.90 Å². The molecule has 0 bridgehead atoms. The molecule has 98 valence electrons. The summed E-state index contributed by atoms with van der Waals surface area (Å²) in [6.07, 6.45) is 2.69. The maximum Gasteiger partial charge on any atom is 0.356 e. The van der Waals surface area contributed by atoms with Gasteiger partial charge in [0.15, 0.2) is 5.69 Å². The van der Waals surface area contributed by atoms with E-state index in [0.29, 0.717) is 11.6 Å². The largest absolute Gasteiger partial charge is 0.476 e. The van der Waals surface area contributed by atoms with E-state index in [0.717, 1.165) is 19.6 Å². The van der Waals surface area contributed by atoms with Crippen LogP contribution in [-0.4, -0.2) is 54.7 Å². The van der Waals surface area contributed by atoms with E-state index >= 15 is 0 Å². The van der Waals surface area contributed by atoms with E-state index in [9.17, 15) is 4.79 Å². The molecule has 1 unspecified atom stereocenters. The molecule has 1 aromatic rings. The van der Waals surface area contributed by atoms with E-state index < -0.39 is 5.97 Å². The molecule has 2 heterocycles. The van der Waals surface area contributed by atoms with Crippen LogP contribution >= 0.6 is 0 Å². The van der Waals surface area contributed by atoms with Gasteiger partial charge in [0.2, 0.25) is 0 Å². The number of rotatable bonds is 4. The normalized spacial score (nSPS) is 20.0. The Balaban J connectivity index is 2.09. The Bertz CT molecular complexity index is 436. The van der Waals surface area contributed by atoms with Gasteiger partial charge in [0.05, 0.1) is 5.69 Å². The van der Waals surface area contributed by atoms with Gasteiger partial charge < -0.3 is 14.9 Å². The maximum atomic E-state index is 11.1. The molecule has 0 radical (unpaired) electrons. The van der Waals surface area contributed by atoms with E-state index in [4.69, 9.17) is 5.11 Å². The summed E-state index contributed by atoms with van der Waals surface area (Å²) >= 11 is 0. The maximum absolute atomic E-state index is 11.1. The molecule has 0 aliphatic carbocycles. The number of carbonyl (C=O) groups is 1. The second kappa shape index (κ2) is 5.35. The Labute approximate surface area is 107 Å². The molecule has 0 aromatic carbocycles. The summed E-state index contributed by atoms with van der Waals surface area (Å²) < 4.78 is 0. The first kappa shape index (κ1) is 12.8. The number of pyridine rings is 1. The fourth-order valence-corrected chi connectivity index (χ4v) is 2.53. The highest BCUT2D eigenvalue weighted by molar-refractivity contribution is 5.92. The third kappa shape index (κ3) is 2.79. The third-order valence-corrected chi connectivity index (χ3v) is 3.42. The first-order valence-electron chi connectivity index (χ1n) is 6.16. The summed E-state index contributed by atoms with van der Waals surface area (Å²) in [4.78, 5) is 19.4. The number of hydrogen-bond donors (Lipinski definition) is 1. The Morgan fingerprint density at radius 2 is 2.44 bits per heavy atom. The zero-order valence-corrected chi connectivity index (χ0v) is 10.8. The van der Waals surface area contributed by atoms with Crippen molar-refractivity contribution in [3.05, 3.63) is 24.0 Å². The lowest BCUT2D eigenvalue weighted by molar-refractivity contribution is 0.0691. The molecule has 2 rings (SSSR count). The quantitative estimate of drug-likeness (QED) is 0.868. The summed E-state index contributed by atoms with van der Waals surface area (Å²) in [6.45, 7) is 3.07. The van der Waals surface area contributed by atoms with Crippen molar-refractivity contribution in [1.82, 2.24) is 9.88 Å². The van der Waals surface area contributed by atoms with Gasteiger partial charge in [-0.3, -0.25) is 0 Å². The highest BCUT2D eigenvalue weighted by atomic mass is 16.4. The summed E-state index contributed by atoms with van der Waals surface area (Å²) in [7, 11) is 4.05. The van der Waals surface area contributed by atoms with Crippen molar-refractivity contribution in [2.24, 2.45) is 5.92 Å². The standard InChI is InChI=1S/C13H19N3O2/c1-15-7-5-10(8-15)9-16(2)11-4-3-6-14-12(11)13(17)18/h3-4,6,10H,5,7-9H2,1-2H3,(H,17,18). The van der Waals surface area contributed by atoms with Gasteiger partial charge in [0.25, 0.3) is 0 Å². The highest BCUT2D eigenvalue weighted by Gasteiger charge is 2.22. The van der Waals surface area contributed by atoms with Gasteiger partial charge in [0, 0.05) is 26.3 Å². The Kier molecular flexibility index (Phi) is 3.81. The number of nitrogens with zero attached hydrogens (tertiary/aromatic N) is 3. The van der Waals surface area contributed by atoms with Crippen LogP contribution in [0.4, 0.5) is 5.69 Å². The van der Waals surface area contributed by atoms with E-state index in [1.54, 1.807) is 6.07 Å². The van der Waals surface area contributed by atoms with Crippen molar-refractivity contribution in [1.29, 1.82) is 0 Å². The van der Waals surface area contributed by atoms with Gasteiger partial charge in [-0.2, -0.15) is 0 Å². The van der Waals surface area contributed by atoms with Crippen LogP contribution in [0.2, 0.25) is 0 Å². The SMILES string of the molecule is CN1CCC(CN(C)c2cccnc2C(=O)O)C1. The van der Waals surface area contributed by atoms with Crippen LogP contribution in [0.25, 0.3) is 0 Å². The molecule has 18 heavy (non-hydrogen) atoms. The lowest BCUT2D eigenvalue weighted by Gasteiger charge is -2.24. The first-order chi connectivity index (χ1) is 8.58. The second-order valence-corrected chi connectivity index (χ2v) is 4.97. The van der Waals surface area contributed by atoms with Crippen molar-refractivity contribution in [2.75, 3.05) is 38.6 Å². The van der Waals surface area contributed by atoms with Crippen molar-refractivity contribution in [3.8, 4) is 0 Å². The van der Waals surface area contributed by atoms with Crippen LogP contribution in [-0.2, 0) is 0 Å². The summed E-state index contributed by atoms with van der Waals surface area (Å²) in [5, 5.41) is 9.12. The molecule has 1 N–H and O–H groups in total. The average Bonchev–Trinajstić information content (AvgIpc) is 2.74. The predicted molar refractivity (Wildman–Crippen MR) is 70.1 cm³/mol. The summed E-state index contributed by atoms with van der Waals surface area (Å²) in [5.41, 5.74) is 0.825. The molecule has 1 atom stereocenters. The smallest absolute Gasteiger partial charge is 0.356 e. The number of carboxylic acid groups (broad SMARTS) is 1. The van der Waals surface area contributed by atoms with Gasteiger partial charge in [-0.15, -0.1) is 0 Å². The van der Waals surface area contributed by atoms with Crippen LogP contribution in [0.3, 0.4) is 0 Å². The molecule has 1 aromatic heterocycles. The highest BCUT2D eigenvalue weighted by Crippen LogP contribution is 2.21. The molecule has 5 nitrogen and oxygen atoms in total. The number of anilines is 1. The van der Waals surface area contributed by atoms with Crippen LogP contribution in [0, 0.1) is 5.92 Å². The van der Waals surface area contributed by atoms with E-state index in [1.165, 1.54) is 12.6 Å². The van der Waals surface area contributed by atoms with Crippen molar-refractivity contribution in [3.63, 3.8) is 0 Å². The zero-order valence-electron chi connectivity index (χ0n) is 10.8. The molecular weight excluding hydrogens is 230 g/mol. The Morgan fingerprint density at radius 1 is 1.67 bits per heavy atom. The fraction of sp³-hybridized carbons (Fsp3) is 0.538. The number of carboxylic acids is 1. The zero-order chi connectivity index (χ0) is 13.1. The topological polar surface area (TPSA) is 56.7 Å². The van der Waals surface area contributed by atoms with Gasteiger partial charge in [-0.05, 0) is 38.1 Å². The van der Waals surface area contributed by atoms with Crippen LogP contribution in [0.15, 0.2) is 18.3 Å². The van der Waals surface area contributed by atoms with Crippen LogP contribution in [0.1, 0.15) is 16.9 Å². The minimum absolute atomic E-state index is 0.131. The second-order valence-electron chi connectivity index (χ2n) is 4.97. The fourth-order valence-electron chi connectivity index (χ4n) is 2.53. The van der Waals surface area contributed by atoms with E-state index in [-0.39, 0.29) is 5.69 Å². The molecule has 5 heteroatoms. The minimum atomic E-state index is -0.971. The monoisotopic (exact) mass is 249 g/mol. The molecule has 1 saturated heterocycles. The molecule has 0 spiro atoms. The van der Waals surface area contributed by atoms with E-state index in [1.807, 2.05) is 18.0 Å². The van der Waals surface area contributed by atoms with Gasteiger partial charge in [-0.1, -0.05) is 0 Å². The van der Waals surface area contributed by atoms with E-state index in [2.05, 4.69) is 16.9 Å². The number of aromatic carboxylic acids is 1. The van der Waals surface area contributed by atoms with Gasteiger partial charge >= 0.3 is 5.97 Å². The molecule has 0 saturated carbocycles. The summed E-state index contributed by atoms with van der Waals surface area (Å²) in [6, 6.07) is 3.59. The number of likely N-dealkylation sites (tertiary alicyclic amines) is 1. The average molecular weight is 249 g/mol. The lowest BCUT2D eigenvalue weighted by Crippen LogP contribution is -2.28. The molecular formula is C13H19N3O2. The third-order valence-electron chi connectivity index (χ3n) is 3.42. The number of aromatic nitrogens is 1. The van der Waals surface area contributed by atoms with Gasteiger partial charge in [-0.25, -0.2) is 9.78 Å². The van der Waals surface area contributed by atoms with Crippen molar-refractivity contribution >= 4 is 11.7 Å². The summed E-state index contributed by atoms with van der Waals surface area (Å²) in [5.74, 6) is -0.372. The Morgan fingerprint density at radius 3 is 3.06 bits per heavy atom. The van der Waals surface area contributed by atoms with Crippen LogP contribution < -0.4 is 4.90 Å². The number of hydrogen-bond acceptors (Lipinski definition) is 4. The van der Waals surface area contributed by atoms with Crippen molar-refractivity contribution in [2.45, 2.75) is 6.42 Å².